The molecule has 3 aromatic carbocycles. The van der Waals surface area contributed by atoms with E-state index in [1.165, 1.54) is 11.1 Å². The zero-order valence-corrected chi connectivity index (χ0v) is 17.3. The van der Waals surface area contributed by atoms with Crippen molar-refractivity contribution in [3.63, 3.8) is 0 Å². The topological polar surface area (TPSA) is 131 Å². The Morgan fingerprint density at radius 3 is 2.45 bits per heavy atom. The number of halogens is 1. The summed E-state index contributed by atoms with van der Waals surface area (Å²) >= 11 is 0. The minimum Gasteiger partial charge on any atom is -0.479 e. The highest BCUT2D eigenvalue weighted by molar-refractivity contribution is 5.97. The first-order valence-electron chi connectivity index (χ1n) is 10.0. The van der Waals surface area contributed by atoms with Crippen molar-refractivity contribution in [3.8, 4) is 11.1 Å². The maximum absolute atomic E-state index is 14.2. The van der Waals surface area contributed by atoms with Crippen LogP contribution in [-0.4, -0.2) is 55.2 Å². The number of carbonyl (C=O) groups is 2. The standard InChI is InChI=1S/C23H20FN5O4/c24-18-10-17(11-19-21(18)26-28-25-19)22(31)27-29(13-20(30)23(32)33)12-14-6-8-16(9-7-14)15-4-2-1-3-5-15/h1-11,20,30H,12-13H2,(H,27,31)(H,32,33)(H,25,26,28)/t20-/m1/s1. The van der Waals surface area contributed by atoms with E-state index in [2.05, 4.69) is 20.8 Å². The van der Waals surface area contributed by atoms with Gasteiger partial charge in [-0.15, -0.1) is 5.10 Å². The fourth-order valence-electron chi connectivity index (χ4n) is 3.34. The molecule has 1 aromatic heterocycles. The second kappa shape index (κ2) is 9.55. The number of nitrogens with zero attached hydrogens (tertiary/aromatic N) is 3. The minimum atomic E-state index is -1.73. The third-order valence-corrected chi connectivity index (χ3v) is 5.02. The van der Waals surface area contributed by atoms with E-state index in [-0.39, 0.29) is 29.7 Å². The Bertz CT molecular complexity index is 1280. The van der Waals surface area contributed by atoms with Crippen LogP contribution in [0.25, 0.3) is 22.2 Å². The van der Waals surface area contributed by atoms with Gasteiger partial charge in [-0.3, -0.25) is 15.3 Å². The first kappa shape index (κ1) is 22.1. The van der Waals surface area contributed by atoms with Gasteiger partial charge in [0.25, 0.3) is 5.91 Å². The monoisotopic (exact) mass is 449 g/mol. The first-order chi connectivity index (χ1) is 15.9. The van der Waals surface area contributed by atoms with Gasteiger partial charge in [-0.05, 0) is 28.8 Å². The number of aliphatic hydroxyl groups is 1. The predicted octanol–water partition coefficient (Wildman–Crippen LogP) is 2.36. The Hall–Kier alpha value is -4.15. The molecule has 0 unspecified atom stereocenters. The van der Waals surface area contributed by atoms with E-state index in [0.29, 0.717) is 0 Å². The highest BCUT2D eigenvalue weighted by atomic mass is 19.1. The van der Waals surface area contributed by atoms with Crippen molar-refractivity contribution < 1.29 is 24.2 Å². The Morgan fingerprint density at radius 2 is 1.76 bits per heavy atom. The lowest BCUT2D eigenvalue weighted by Crippen LogP contribution is -2.47. The summed E-state index contributed by atoms with van der Waals surface area (Å²) in [6.45, 7) is -0.268. The van der Waals surface area contributed by atoms with Crippen molar-refractivity contribution in [2.45, 2.75) is 12.6 Å². The van der Waals surface area contributed by atoms with E-state index in [1.807, 2.05) is 54.6 Å². The fourth-order valence-corrected chi connectivity index (χ4v) is 3.34. The molecule has 1 heterocycles. The van der Waals surface area contributed by atoms with Gasteiger partial charge in [0.1, 0.15) is 11.0 Å². The number of aromatic nitrogens is 3. The number of hydrazine groups is 1. The zero-order valence-electron chi connectivity index (χ0n) is 17.3. The maximum Gasteiger partial charge on any atom is 0.333 e. The number of aliphatic hydroxyl groups excluding tert-OH is 1. The average molecular weight is 449 g/mol. The van der Waals surface area contributed by atoms with Gasteiger partial charge in [-0.2, -0.15) is 0 Å². The summed E-state index contributed by atoms with van der Waals surface area (Å²) in [7, 11) is 0. The minimum absolute atomic E-state index is 0.0249. The Labute approximate surface area is 187 Å². The van der Waals surface area contributed by atoms with Crippen molar-refractivity contribution in [2.75, 3.05) is 6.54 Å². The lowest BCUT2D eigenvalue weighted by molar-refractivity contribution is -0.148. The molecule has 1 atom stereocenters. The molecule has 0 spiro atoms. The van der Waals surface area contributed by atoms with Crippen molar-refractivity contribution in [1.29, 1.82) is 0 Å². The number of hydrogen-bond acceptors (Lipinski definition) is 6. The molecule has 0 fully saturated rings. The lowest BCUT2D eigenvalue weighted by Gasteiger charge is -2.24. The van der Waals surface area contributed by atoms with Gasteiger partial charge < -0.3 is 10.2 Å². The van der Waals surface area contributed by atoms with Gasteiger partial charge in [0.2, 0.25) is 0 Å². The molecule has 4 rings (SSSR count). The van der Waals surface area contributed by atoms with Gasteiger partial charge in [-0.1, -0.05) is 59.8 Å². The molecule has 0 aliphatic carbocycles. The number of carbonyl (C=O) groups excluding carboxylic acids is 1. The van der Waals surface area contributed by atoms with Gasteiger partial charge in [0.05, 0.1) is 6.54 Å². The molecule has 0 saturated carbocycles. The van der Waals surface area contributed by atoms with Crippen LogP contribution in [0.3, 0.4) is 0 Å². The summed E-state index contributed by atoms with van der Waals surface area (Å²) in [5.41, 5.74) is 5.58. The Kier molecular flexibility index (Phi) is 6.38. The number of benzene rings is 3. The molecule has 10 heteroatoms. The van der Waals surface area contributed by atoms with Crippen LogP contribution in [-0.2, 0) is 11.3 Å². The van der Waals surface area contributed by atoms with E-state index in [0.717, 1.165) is 22.8 Å². The average Bonchev–Trinajstić information content (AvgIpc) is 3.29. The second-order valence-corrected chi connectivity index (χ2v) is 7.40. The van der Waals surface area contributed by atoms with Crippen LogP contribution in [0.5, 0.6) is 0 Å². The van der Waals surface area contributed by atoms with E-state index >= 15 is 0 Å². The van der Waals surface area contributed by atoms with E-state index in [1.54, 1.807) is 0 Å². The number of nitrogens with one attached hydrogen (secondary N) is 2. The third-order valence-electron chi connectivity index (χ3n) is 5.02. The number of fused-ring (bicyclic) bond motifs is 1. The van der Waals surface area contributed by atoms with Crippen LogP contribution in [0.15, 0.2) is 66.7 Å². The fraction of sp³-hybridized carbons (Fsp3) is 0.130. The van der Waals surface area contributed by atoms with Crippen molar-refractivity contribution in [2.24, 2.45) is 0 Å². The summed E-state index contributed by atoms with van der Waals surface area (Å²) in [6.07, 6.45) is -1.73. The summed E-state index contributed by atoms with van der Waals surface area (Å²) < 4.78 is 14.2. The molecule has 0 radical (unpaired) electrons. The van der Waals surface area contributed by atoms with Gasteiger partial charge in [0.15, 0.2) is 11.9 Å². The van der Waals surface area contributed by atoms with Crippen LogP contribution < -0.4 is 5.43 Å². The molecular weight excluding hydrogens is 429 g/mol. The first-order valence-corrected chi connectivity index (χ1v) is 10.0. The van der Waals surface area contributed by atoms with Crippen molar-refractivity contribution in [1.82, 2.24) is 25.8 Å². The highest BCUT2D eigenvalue weighted by Gasteiger charge is 2.21. The van der Waals surface area contributed by atoms with Gasteiger partial charge >= 0.3 is 5.97 Å². The Morgan fingerprint density at radius 1 is 1.06 bits per heavy atom. The summed E-state index contributed by atoms with van der Waals surface area (Å²) in [4.78, 5) is 23.9. The maximum atomic E-state index is 14.2. The molecule has 0 aliphatic rings. The molecule has 9 nitrogen and oxygen atoms in total. The number of carboxylic acids is 1. The number of carboxylic acid groups (broad SMARTS) is 1. The number of aliphatic carboxylic acids is 1. The quantitative estimate of drug-likeness (QED) is 0.304. The predicted molar refractivity (Wildman–Crippen MR) is 117 cm³/mol. The van der Waals surface area contributed by atoms with Crippen LogP contribution in [0.1, 0.15) is 15.9 Å². The molecule has 4 aromatic rings. The van der Waals surface area contributed by atoms with Crippen LogP contribution in [0, 0.1) is 5.82 Å². The molecule has 168 valence electrons. The van der Waals surface area contributed by atoms with Crippen LogP contribution in [0.2, 0.25) is 0 Å². The molecule has 0 aliphatic heterocycles. The third kappa shape index (κ3) is 5.20. The van der Waals surface area contributed by atoms with E-state index in [9.17, 15) is 19.1 Å². The number of H-pyrrole nitrogens is 1. The molecule has 0 bridgehead atoms. The van der Waals surface area contributed by atoms with E-state index in [4.69, 9.17) is 5.11 Å². The van der Waals surface area contributed by atoms with Gasteiger partial charge in [-0.25, -0.2) is 14.2 Å². The lowest BCUT2D eigenvalue weighted by atomic mass is 10.0. The molecular formula is C23H20FN5O4. The smallest absolute Gasteiger partial charge is 0.333 e. The van der Waals surface area contributed by atoms with Crippen LogP contribution >= 0.6 is 0 Å². The SMILES string of the molecule is O=C(NN(Cc1ccc(-c2ccccc2)cc1)C[C@@H](O)C(=O)O)c1cc(F)c2[nH]nnc2c1. The molecule has 1 amide bonds. The molecule has 4 N–H and O–H groups in total. The van der Waals surface area contributed by atoms with E-state index < -0.39 is 23.8 Å². The Balaban J connectivity index is 1.53. The van der Waals surface area contributed by atoms with Crippen molar-refractivity contribution in [3.05, 3.63) is 83.7 Å². The second-order valence-electron chi connectivity index (χ2n) is 7.40. The van der Waals surface area contributed by atoms with Crippen LogP contribution in [0.4, 0.5) is 4.39 Å². The normalized spacial score (nSPS) is 12.1. The number of aromatic amines is 1. The summed E-state index contributed by atoms with van der Waals surface area (Å²) in [5, 5.41) is 29.8. The summed E-state index contributed by atoms with van der Waals surface area (Å²) in [6, 6.07) is 19.7. The van der Waals surface area contributed by atoms with Gasteiger partial charge in [0, 0.05) is 12.1 Å². The highest BCUT2D eigenvalue weighted by Crippen LogP contribution is 2.20. The largest absolute Gasteiger partial charge is 0.479 e. The number of amides is 1. The molecule has 33 heavy (non-hydrogen) atoms. The number of rotatable bonds is 8. The zero-order chi connectivity index (χ0) is 23.4. The summed E-state index contributed by atoms with van der Waals surface area (Å²) in [5.74, 6) is -2.81. The number of hydrogen-bond donors (Lipinski definition) is 4. The molecule has 0 saturated heterocycles. The van der Waals surface area contributed by atoms with Crippen molar-refractivity contribution >= 4 is 22.9 Å².